The maximum Gasteiger partial charge on any atom is 0.416 e. The Kier molecular flexibility index (Phi) is 9.86. The molecule has 1 unspecified atom stereocenters. The number of nitrogens with one attached hydrogen (secondary N) is 1. The van der Waals surface area contributed by atoms with E-state index in [4.69, 9.17) is 9.47 Å². The number of rotatable bonds is 5. The molecule has 2 fully saturated rings. The molecule has 7 nitrogen and oxygen atoms in total. The van der Waals surface area contributed by atoms with Gasteiger partial charge in [0.15, 0.2) is 5.96 Å². The van der Waals surface area contributed by atoms with Gasteiger partial charge in [-0.2, -0.15) is 13.2 Å². The van der Waals surface area contributed by atoms with Crippen molar-refractivity contribution in [2.24, 2.45) is 4.99 Å². The van der Waals surface area contributed by atoms with E-state index in [0.29, 0.717) is 45.3 Å². The largest absolute Gasteiger partial charge is 0.497 e. The van der Waals surface area contributed by atoms with Crippen LogP contribution in [0.2, 0.25) is 0 Å². The molecule has 32 heavy (non-hydrogen) atoms. The average Bonchev–Trinajstić information content (AvgIpc) is 3.30. The second-order valence-electron chi connectivity index (χ2n) is 7.50. The molecule has 2 saturated heterocycles. The molecule has 2 heterocycles. The van der Waals surface area contributed by atoms with Crippen LogP contribution in [0, 0.1) is 0 Å². The summed E-state index contributed by atoms with van der Waals surface area (Å²) in [6.07, 6.45) is -3.18. The predicted molar refractivity (Wildman–Crippen MR) is 125 cm³/mol. The Morgan fingerprint density at radius 3 is 2.50 bits per heavy atom. The van der Waals surface area contributed by atoms with Crippen LogP contribution in [-0.2, 0) is 22.3 Å². The molecule has 0 spiro atoms. The molecule has 1 aromatic rings. The van der Waals surface area contributed by atoms with Crippen molar-refractivity contribution in [2.75, 3.05) is 46.4 Å². The van der Waals surface area contributed by atoms with E-state index in [1.165, 1.54) is 19.2 Å². The van der Waals surface area contributed by atoms with E-state index >= 15 is 0 Å². The molecule has 0 bridgehead atoms. The van der Waals surface area contributed by atoms with E-state index in [0.717, 1.165) is 18.9 Å². The zero-order valence-electron chi connectivity index (χ0n) is 18.3. The third kappa shape index (κ3) is 6.63. The van der Waals surface area contributed by atoms with E-state index in [1.54, 1.807) is 4.90 Å². The van der Waals surface area contributed by atoms with Crippen LogP contribution >= 0.6 is 24.0 Å². The van der Waals surface area contributed by atoms with Gasteiger partial charge in [0.25, 0.3) is 5.91 Å². The smallest absolute Gasteiger partial charge is 0.416 e. The average molecular weight is 570 g/mol. The molecule has 2 aliphatic heterocycles. The molecule has 1 N–H and O–H groups in total. The maximum absolute atomic E-state index is 13.5. The van der Waals surface area contributed by atoms with Gasteiger partial charge in [-0.3, -0.25) is 4.79 Å². The fourth-order valence-corrected chi connectivity index (χ4v) is 3.78. The van der Waals surface area contributed by atoms with Gasteiger partial charge in [-0.25, -0.2) is 4.99 Å². The topological polar surface area (TPSA) is 66.4 Å². The van der Waals surface area contributed by atoms with Crippen molar-refractivity contribution in [3.63, 3.8) is 0 Å². The summed E-state index contributed by atoms with van der Waals surface area (Å²) in [5.74, 6) is 0.710. The van der Waals surface area contributed by atoms with Crippen LogP contribution < -0.4 is 10.1 Å². The summed E-state index contributed by atoms with van der Waals surface area (Å²) in [7, 11) is 1.33. The van der Waals surface area contributed by atoms with Gasteiger partial charge in [0.1, 0.15) is 11.9 Å². The number of halogens is 4. The highest BCUT2D eigenvalue weighted by Crippen LogP contribution is 2.34. The first-order valence-corrected chi connectivity index (χ1v) is 10.5. The van der Waals surface area contributed by atoms with Crippen molar-refractivity contribution in [2.45, 2.75) is 38.6 Å². The third-order valence-electron chi connectivity index (χ3n) is 5.45. The Balaban J connectivity index is 0.00000363. The molecular formula is C21H30F3IN4O3. The molecule has 2 aliphatic rings. The molecule has 0 saturated carbocycles. The SMILES string of the molecule is CCNC(=NCc1ccc(OC)cc1C(F)(F)F)N1CCN(C(=O)C2CCCO2)CC1.I. The van der Waals surface area contributed by atoms with Crippen molar-refractivity contribution < 1.29 is 27.4 Å². The number of carbonyl (C=O) groups excluding carboxylic acids is 1. The van der Waals surface area contributed by atoms with Gasteiger partial charge in [0.2, 0.25) is 0 Å². The Morgan fingerprint density at radius 1 is 1.25 bits per heavy atom. The van der Waals surface area contributed by atoms with Crippen LogP contribution in [0.5, 0.6) is 5.75 Å². The van der Waals surface area contributed by atoms with Crippen molar-refractivity contribution in [3.8, 4) is 5.75 Å². The van der Waals surface area contributed by atoms with Crippen LogP contribution in [0.1, 0.15) is 30.9 Å². The molecule has 0 aliphatic carbocycles. The zero-order chi connectivity index (χ0) is 22.4. The number of piperazine rings is 1. The number of guanidine groups is 1. The fraction of sp³-hybridized carbons (Fsp3) is 0.619. The van der Waals surface area contributed by atoms with Crippen LogP contribution in [0.25, 0.3) is 0 Å². The highest BCUT2D eigenvalue weighted by Gasteiger charge is 2.34. The number of carbonyl (C=O) groups is 1. The van der Waals surface area contributed by atoms with Crippen LogP contribution in [0.15, 0.2) is 23.2 Å². The summed E-state index contributed by atoms with van der Waals surface area (Å²) < 4.78 is 50.8. The van der Waals surface area contributed by atoms with Crippen molar-refractivity contribution in [1.82, 2.24) is 15.1 Å². The van der Waals surface area contributed by atoms with Gasteiger partial charge in [-0.15, -0.1) is 24.0 Å². The molecule has 1 atom stereocenters. The van der Waals surface area contributed by atoms with Crippen molar-refractivity contribution in [3.05, 3.63) is 29.3 Å². The monoisotopic (exact) mass is 570 g/mol. The van der Waals surface area contributed by atoms with Gasteiger partial charge in [0.05, 0.1) is 19.2 Å². The molecule has 1 aromatic carbocycles. The zero-order valence-corrected chi connectivity index (χ0v) is 20.6. The predicted octanol–water partition coefficient (Wildman–Crippen LogP) is 3.12. The number of methoxy groups -OCH3 is 1. The molecular weight excluding hydrogens is 540 g/mol. The molecule has 180 valence electrons. The number of alkyl halides is 3. The standard InChI is InChI=1S/C21H29F3N4O3.HI/c1-3-25-20(26-14-15-6-7-16(30-2)13-17(15)21(22,23)24)28-10-8-27(9-11-28)19(29)18-5-4-12-31-18;/h6-7,13,18H,3-5,8-12,14H2,1-2H3,(H,25,26);1H. The third-order valence-corrected chi connectivity index (χ3v) is 5.45. The minimum absolute atomic E-state index is 0. The van der Waals surface area contributed by atoms with E-state index in [9.17, 15) is 18.0 Å². The fourth-order valence-electron chi connectivity index (χ4n) is 3.78. The normalized spacial score (nSPS) is 19.5. The number of benzene rings is 1. The number of nitrogens with zero attached hydrogens (tertiary/aromatic N) is 3. The lowest BCUT2D eigenvalue weighted by Crippen LogP contribution is -2.55. The second-order valence-corrected chi connectivity index (χ2v) is 7.50. The lowest BCUT2D eigenvalue weighted by Gasteiger charge is -2.37. The second kappa shape index (κ2) is 11.9. The number of amides is 1. The van der Waals surface area contributed by atoms with Crippen molar-refractivity contribution >= 4 is 35.8 Å². The highest BCUT2D eigenvalue weighted by atomic mass is 127. The van der Waals surface area contributed by atoms with Gasteiger partial charge in [0, 0.05) is 39.3 Å². The Morgan fingerprint density at radius 2 is 1.94 bits per heavy atom. The molecule has 3 rings (SSSR count). The first-order chi connectivity index (χ1) is 14.8. The first-order valence-electron chi connectivity index (χ1n) is 10.5. The lowest BCUT2D eigenvalue weighted by molar-refractivity contribution is -0.142. The Hall–Kier alpha value is -1.76. The van der Waals surface area contributed by atoms with Crippen LogP contribution in [0.4, 0.5) is 13.2 Å². The summed E-state index contributed by atoms with van der Waals surface area (Å²) in [5, 5.41) is 3.14. The number of aliphatic imine (C=N–C) groups is 1. The minimum Gasteiger partial charge on any atom is -0.497 e. The van der Waals surface area contributed by atoms with Gasteiger partial charge in [-0.1, -0.05) is 6.07 Å². The highest BCUT2D eigenvalue weighted by molar-refractivity contribution is 14.0. The van der Waals surface area contributed by atoms with Crippen LogP contribution in [0.3, 0.4) is 0 Å². The van der Waals surface area contributed by atoms with Gasteiger partial charge >= 0.3 is 6.18 Å². The minimum atomic E-state index is -4.49. The van der Waals surface area contributed by atoms with Crippen LogP contribution in [-0.4, -0.2) is 74.2 Å². The summed E-state index contributed by atoms with van der Waals surface area (Å²) in [6, 6.07) is 3.89. The lowest BCUT2D eigenvalue weighted by atomic mass is 10.1. The molecule has 1 amide bonds. The Labute approximate surface area is 203 Å². The molecule has 11 heteroatoms. The maximum atomic E-state index is 13.5. The number of ether oxygens (including phenoxy) is 2. The number of hydrogen-bond donors (Lipinski definition) is 1. The van der Waals surface area contributed by atoms with Gasteiger partial charge in [-0.05, 0) is 37.5 Å². The molecule has 0 radical (unpaired) electrons. The van der Waals surface area contributed by atoms with E-state index < -0.39 is 11.7 Å². The first kappa shape index (κ1) is 26.5. The van der Waals surface area contributed by atoms with E-state index in [1.807, 2.05) is 11.8 Å². The summed E-state index contributed by atoms with van der Waals surface area (Å²) in [5.41, 5.74) is -0.672. The van der Waals surface area contributed by atoms with Gasteiger partial charge < -0.3 is 24.6 Å². The summed E-state index contributed by atoms with van der Waals surface area (Å²) in [4.78, 5) is 20.7. The quantitative estimate of drug-likeness (QED) is 0.335. The van der Waals surface area contributed by atoms with E-state index in [-0.39, 0.29) is 53.8 Å². The summed E-state index contributed by atoms with van der Waals surface area (Å²) >= 11 is 0. The molecule has 0 aromatic heterocycles. The summed E-state index contributed by atoms with van der Waals surface area (Å²) in [6.45, 7) is 5.16. The van der Waals surface area contributed by atoms with E-state index in [2.05, 4.69) is 10.3 Å². The number of hydrogen-bond acceptors (Lipinski definition) is 4. The van der Waals surface area contributed by atoms with Crippen molar-refractivity contribution in [1.29, 1.82) is 0 Å². The Bertz CT molecular complexity index is 793.